The van der Waals surface area contributed by atoms with Crippen LogP contribution in [0.4, 0.5) is 0 Å². The van der Waals surface area contributed by atoms with Crippen molar-refractivity contribution in [3.8, 4) is 5.75 Å². The fraction of sp³-hybridized carbons (Fsp3) is 0.235. The van der Waals surface area contributed by atoms with E-state index in [-0.39, 0.29) is 17.1 Å². The molecular formula is C17H17NO4. The Hall–Kier alpha value is -2.69. The van der Waals surface area contributed by atoms with Crippen LogP contribution in [0, 0.1) is 6.92 Å². The zero-order valence-corrected chi connectivity index (χ0v) is 13.0. The lowest BCUT2D eigenvalue weighted by Crippen LogP contribution is -2.07. The van der Waals surface area contributed by atoms with Gasteiger partial charge in [-0.15, -0.1) is 0 Å². The van der Waals surface area contributed by atoms with Crippen LogP contribution in [0.5, 0.6) is 5.75 Å². The van der Waals surface area contributed by atoms with Crippen molar-refractivity contribution in [3.05, 3.63) is 41.2 Å². The summed E-state index contributed by atoms with van der Waals surface area (Å²) in [7, 11) is 0. The number of carbonyl (C=O) groups excluding carboxylic acids is 3. The number of pyridine rings is 1. The van der Waals surface area contributed by atoms with Gasteiger partial charge in [-0.1, -0.05) is 6.07 Å². The Morgan fingerprint density at radius 2 is 1.73 bits per heavy atom. The maximum atomic E-state index is 11.7. The molecule has 2 aromatic rings. The number of rotatable bonds is 4. The summed E-state index contributed by atoms with van der Waals surface area (Å²) < 4.78 is 7.09. The van der Waals surface area contributed by atoms with Crippen LogP contribution in [0.1, 0.15) is 32.0 Å². The summed E-state index contributed by atoms with van der Waals surface area (Å²) in [5.74, 6) is -0.755. The zero-order valence-electron chi connectivity index (χ0n) is 13.0. The number of Topliss-reactive ketones (excluding diaryl/α,β-unsaturated/α-hetero) is 2. The first-order valence-corrected chi connectivity index (χ1v) is 6.84. The van der Waals surface area contributed by atoms with Crippen molar-refractivity contribution < 1.29 is 19.1 Å². The summed E-state index contributed by atoms with van der Waals surface area (Å²) in [5, 5.41) is 0. The highest BCUT2D eigenvalue weighted by atomic mass is 16.5. The molecule has 0 fully saturated rings. The third-order valence-electron chi connectivity index (χ3n) is 3.36. The predicted octanol–water partition coefficient (Wildman–Crippen LogP) is 2.73. The topological polar surface area (TPSA) is 64.8 Å². The summed E-state index contributed by atoms with van der Waals surface area (Å²) in [4.78, 5) is 34.7. The molecule has 2 aromatic heterocycles. The lowest BCUT2D eigenvalue weighted by Gasteiger charge is -2.04. The standard InChI is InChI=1S/C17H17NO4/c1-10-15-7-5-6-8-18(15)16(17(10)22-13(4)21)9-14(11(2)19)12(3)20/h5-9H,1-4H3. The fourth-order valence-corrected chi connectivity index (χ4v) is 2.37. The van der Waals surface area contributed by atoms with Gasteiger partial charge in [0.1, 0.15) is 0 Å². The minimum Gasteiger partial charge on any atom is -0.424 e. The molecular weight excluding hydrogens is 282 g/mol. The van der Waals surface area contributed by atoms with Gasteiger partial charge in [0.15, 0.2) is 17.3 Å². The number of allylic oxidation sites excluding steroid dienone is 1. The molecule has 0 saturated carbocycles. The first-order valence-electron chi connectivity index (χ1n) is 6.84. The van der Waals surface area contributed by atoms with Gasteiger partial charge in [0.05, 0.1) is 16.8 Å². The molecule has 0 aromatic carbocycles. The molecule has 0 saturated heterocycles. The van der Waals surface area contributed by atoms with Crippen LogP contribution < -0.4 is 4.74 Å². The molecule has 0 spiro atoms. The van der Waals surface area contributed by atoms with Crippen LogP contribution in [0.15, 0.2) is 30.0 Å². The predicted molar refractivity (Wildman–Crippen MR) is 82.8 cm³/mol. The molecule has 0 aliphatic carbocycles. The van der Waals surface area contributed by atoms with Gasteiger partial charge < -0.3 is 9.14 Å². The van der Waals surface area contributed by atoms with Gasteiger partial charge in [0.2, 0.25) is 0 Å². The summed E-state index contributed by atoms with van der Waals surface area (Å²) >= 11 is 0. The van der Waals surface area contributed by atoms with Gasteiger partial charge in [-0.3, -0.25) is 14.4 Å². The number of fused-ring (bicyclic) bond motifs is 1. The third kappa shape index (κ3) is 2.83. The largest absolute Gasteiger partial charge is 0.424 e. The van der Waals surface area contributed by atoms with Crippen LogP contribution in [0.3, 0.4) is 0 Å². The highest BCUT2D eigenvalue weighted by Gasteiger charge is 2.19. The monoisotopic (exact) mass is 299 g/mol. The first kappa shape index (κ1) is 15.7. The normalized spacial score (nSPS) is 10.4. The van der Waals surface area contributed by atoms with Gasteiger partial charge in [-0.2, -0.15) is 0 Å². The Balaban J connectivity index is 2.80. The Labute approximate surface area is 128 Å². The Bertz CT molecular complexity index is 795. The number of ketones is 2. The summed E-state index contributed by atoms with van der Waals surface area (Å²) in [6.45, 7) is 5.81. The molecule has 0 N–H and O–H groups in total. The van der Waals surface area contributed by atoms with E-state index in [0.717, 1.165) is 11.1 Å². The molecule has 5 nitrogen and oxygen atoms in total. The summed E-state index contributed by atoms with van der Waals surface area (Å²) in [6.07, 6.45) is 3.27. The molecule has 0 aliphatic heterocycles. The number of esters is 1. The molecule has 114 valence electrons. The van der Waals surface area contributed by atoms with E-state index in [1.54, 1.807) is 10.6 Å². The van der Waals surface area contributed by atoms with Gasteiger partial charge in [0, 0.05) is 18.7 Å². The molecule has 0 bridgehead atoms. The van der Waals surface area contributed by atoms with Crippen LogP contribution in [-0.4, -0.2) is 21.9 Å². The minimum absolute atomic E-state index is 0.0663. The highest BCUT2D eigenvalue weighted by molar-refractivity contribution is 6.21. The van der Waals surface area contributed by atoms with Crippen molar-refractivity contribution in [2.24, 2.45) is 0 Å². The minimum atomic E-state index is -0.458. The van der Waals surface area contributed by atoms with E-state index in [2.05, 4.69) is 0 Å². The molecule has 0 aliphatic rings. The molecule has 0 unspecified atom stereocenters. The number of ether oxygens (including phenoxy) is 1. The number of nitrogens with zero attached hydrogens (tertiary/aromatic N) is 1. The van der Waals surface area contributed by atoms with Crippen molar-refractivity contribution in [2.75, 3.05) is 0 Å². The van der Waals surface area contributed by atoms with E-state index < -0.39 is 5.97 Å². The summed E-state index contributed by atoms with van der Waals surface area (Å²) in [6, 6.07) is 5.56. The van der Waals surface area contributed by atoms with E-state index in [1.807, 2.05) is 25.1 Å². The second-order valence-corrected chi connectivity index (χ2v) is 5.06. The smallest absolute Gasteiger partial charge is 0.308 e. The number of aromatic nitrogens is 1. The number of carbonyl (C=O) groups is 3. The molecule has 0 amide bonds. The number of hydrogen-bond acceptors (Lipinski definition) is 4. The molecule has 0 radical (unpaired) electrons. The van der Waals surface area contributed by atoms with Crippen molar-refractivity contribution in [2.45, 2.75) is 27.7 Å². The van der Waals surface area contributed by atoms with E-state index in [4.69, 9.17) is 4.74 Å². The van der Waals surface area contributed by atoms with Gasteiger partial charge in [-0.25, -0.2) is 0 Å². The lowest BCUT2D eigenvalue weighted by molar-refractivity contribution is -0.132. The SMILES string of the molecule is CC(=O)Oc1c(C)c2ccccn2c1C=C(C(C)=O)C(C)=O. The Morgan fingerprint density at radius 3 is 2.27 bits per heavy atom. The molecule has 2 heterocycles. The van der Waals surface area contributed by atoms with Gasteiger partial charge in [-0.05, 0) is 39.0 Å². The molecule has 0 atom stereocenters. The van der Waals surface area contributed by atoms with Crippen LogP contribution in [-0.2, 0) is 14.4 Å². The van der Waals surface area contributed by atoms with Crippen LogP contribution in [0.25, 0.3) is 11.6 Å². The van der Waals surface area contributed by atoms with E-state index in [9.17, 15) is 14.4 Å². The average Bonchev–Trinajstić information content (AvgIpc) is 2.69. The maximum absolute atomic E-state index is 11.7. The van der Waals surface area contributed by atoms with E-state index in [0.29, 0.717) is 11.4 Å². The maximum Gasteiger partial charge on any atom is 0.308 e. The van der Waals surface area contributed by atoms with E-state index >= 15 is 0 Å². The van der Waals surface area contributed by atoms with Gasteiger partial charge in [0.25, 0.3) is 0 Å². The van der Waals surface area contributed by atoms with Crippen molar-refractivity contribution in [3.63, 3.8) is 0 Å². The second-order valence-electron chi connectivity index (χ2n) is 5.06. The van der Waals surface area contributed by atoms with Crippen molar-refractivity contribution in [1.82, 2.24) is 4.40 Å². The average molecular weight is 299 g/mol. The van der Waals surface area contributed by atoms with Crippen LogP contribution in [0.2, 0.25) is 0 Å². The third-order valence-corrected chi connectivity index (χ3v) is 3.36. The van der Waals surface area contributed by atoms with Crippen molar-refractivity contribution in [1.29, 1.82) is 0 Å². The molecule has 5 heteroatoms. The second kappa shape index (κ2) is 5.97. The fourth-order valence-electron chi connectivity index (χ4n) is 2.37. The number of hydrogen-bond donors (Lipinski definition) is 0. The van der Waals surface area contributed by atoms with Crippen molar-refractivity contribution >= 4 is 29.1 Å². The molecule has 22 heavy (non-hydrogen) atoms. The quantitative estimate of drug-likeness (QED) is 0.377. The Morgan fingerprint density at radius 1 is 1.09 bits per heavy atom. The van der Waals surface area contributed by atoms with Crippen LogP contribution >= 0.6 is 0 Å². The molecule has 2 rings (SSSR count). The zero-order chi connectivity index (χ0) is 16.4. The highest BCUT2D eigenvalue weighted by Crippen LogP contribution is 2.32. The van der Waals surface area contributed by atoms with Gasteiger partial charge >= 0.3 is 5.97 Å². The first-order chi connectivity index (χ1) is 10.3. The van der Waals surface area contributed by atoms with E-state index in [1.165, 1.54) is 26.8 Å². The lowest BCUT2D eigenvalue weighted by atomic mass is 10.1. The Kier molecular flexibility index (Phi) is 4.26. The summed E-state index contributed by atoms with van der Waals surface area (Å²) in [5.41, 5.74) is 2.19. The number of aryl methyl sites for hydroxylation is 1.